The van der Waals surface area contributed by atoms with Crippen molar-refractivity contribution in [2.75, 3.05) is 21.3 Å². The summed E-state index contributed by atoms with van der Waals surface area (Å²) in [6.07, 6.45) is 3.45. The van der Waals surface area contributed by atoms with Gasteiger partial charge in [-0.2, -0.15) is 15.8 Å². The van der Waals surface area contributed by atoms with Crippen LogP contribution in [0.1, 0.15) is 45.1 Å². The van der Waals surface area contributed by atoms with Crippen LogP contribution in [-0.2, 0) is 0 Å². The molecule has 7 nitrogen and oxygen atoms in total. The third kappa shape index (κ3) is 3.66. The van der Waals surface area contributed by atoms with Gasteiger partial charge in [0.15, 0.2) is 11.5 Å². The molecule has 33 heavy (non-hydrogen) atoms. The van der Waals surface area contributed by atoms with Crippen LogP contribution in [0.5, 0.6) is 17.2 Å². The molecule has 2 aliphatic carbocycles. The summed E-state index contributed by atoms with van der Waals surface area (Å²) in [5, 5.41) is 30.4. The van der Waals surface area contributed by atoms with Gasteiger partial charge in [0, 0.05) is 17.5 Å². The molecule has 1 aromatic carbocycles. The molecule has 2 N–H and O–H groups in total. The van der Waals surface area contributed by atoms with Gasteiger partial charge in [-0.15, -0.1) is 0 Å². The first-order chi connectivity index (χ1) is 15.6. The molecular weight excluding hydrogens is 416 g/mol. The summed E-state index contributed by atoms with van der Waals surface area (Å²) in [7, 11) is 4.64. The summed E-state index contributed by atoms with van der Waals surface area (Å²) in [5.41, 5.74) is 6.40. The first-order valence-electron chi connectivity index (χ1n) is 10.9. The largest absolute Gasteiger partial charge is 0.496 e. The second-order valence-electron chi connectivity index (χ2n) is 9.64. The maximum atomic E-state index is 10.2. The van der Waals surface area contributed by atoms with Gasteiger partial charge >= 0.3 is 0 Å². The normalized spacial score (nSPS) is 23.8. The fourth-order valence-corrected chi connectivity index (χ4v) is 5.20. The van der Waals surface area contributed by atoms with Crippen LogP contribution in [0.4, 0.5) is 0 Å². The third-order valence-electron chi connectivity index (χ3n) is 7.15. The zero-order chi connectivity index (χ0) is 24.6. The lowest BCUT2D eigenvalue weighted by Gasteiger charge is -2.46. The molecule has 0 heterocycles. The number of nitriles is 3. The highest BCUT2D eigenvalue weighted by atomic mass is 16.5. The molecule has 0 radical (unpaired) electrons. The summed E-state index contributed by atoms with van der Waals surface area (Å²) < 4.78 is 16.6. The molecule has 0 saturated heterocycles. The minimum atomic E-state index is -1.65. The standard InChI is InChI=1S/C26H30N4O3/c1-25(2,3)15-7-8-19-16(9-15)23(18(12-27)24(30)26(19,13-28)14-29)17-10-21(32-5)22(33-6)11-20(17)31-4/h8,10-11,15-16,23H,7,9,30H2,1-6H3/t15-,16+,23+/m1/s1. The number of benzene rings is 1. The van der Waals surface area contributed by atoms with Crippen molar-refractivity contribution < 1.29 is 14.2 Å². The Morgan fingerprint density at radius 2 is 1.55 bits per heavy atom. The third-order valence-corrected chi connectivity index (χ3v) is 7.15. The average Bonchev–Trinajstić information content (AvgIpc) is 2.82. The Labute approximate surface area is 195 Å². The van der Waals surface area contributed by atoms with Gasteiger partial charge in [-0.3, -0.25) is 0 Å². The first-order valence-corrected chi connectivity index (χ1v) is 10.9. The van der Waals surface area contributed by atoms with Crippen molar-refractivity contribution in [1.29, 1.82) is 15.8 Å². The Morgan fingerprint density at radius 1 is 0.970 bits per heavy atom. The molecule has 172 valence electrons. The van der Waals surface area contributed by atoms with Gasteiger partial charge in [-0.05, 0) is 41.7 Å². The number of nitrogens with two attached hydrogens (primary N) is 1. The van der Waals surface area contributed by atoms with E-state index in [1.54, 1.807) is 33.5 Å². The van der Waals surface area contributed by atoms with Crippen molar-refractivity contribution in [3.8, 4) is 35.5 Å². The van der Waals surface area contributed by atoms with Crippen LogP contribution in [0, 0.1) is 56.7 Å². The second kappa shape index (κ2) is 8.72. The summed E-state index contributed by atoms with van der Waals surface area (Å²) in [6.45, 7) is 6.55. The van der Waals surface area contributed by atoms with E-state index < -0.39 is 11.3 Å². The van der Waals surface area contributed by atoms with Crippen LogP contribution in [0.15, 0.2) is 35.1 Å². The molecule has 0 amide bonds. The van der Waals surface area contributed by atoms with E-state index in [9.17, 15) is 15.8 Å². The molecule has 0 unspecified atom stereocenters. The van der Waals surface area contributed by atoms with Crippen molar-refractivity contribution >= 4 is 0 Å². The quantitative estimate of drug-likeness (QED) is 0.671. The monoisotopic (exact) mass is 446 g/mol. The van der Waals surface area contributed by atoms with Crippen molar-refractivity contribution in [1.82, 2.24) is 0 Å². The highest BCUT2D eigenvalue weighted by molar-refractivity contribution is 5.62. The number of methoxy groups -OCH3 is 3. The molecule has 0 fully saturated rings. The molecule has 2 aliphatic rings. The van der Waals surface area contributed by atoms with E-state index in [0.717, 1.165) is 6.42 Å². The van der Waals surface area contributed by atoms with Crippen LogP contribution >= 0.6 is 0 Å². The van der Waals surface area contributed by atoms with E-state index in [4.69, 9.17) is 19.9 Å². The van der Waals surface area contributed by atoms with Crippen LogP contribution in [0.2, 0.25) is 0 Å². The van der Waals surface area contributed by atoms with Crippen LogP contribution in [0.25, 0.3) is 0 Å². The Kier molecular flexibility index (Phi) is 6.35. The predicted molar refractivity (Wildman–Crippen MR) is 123 cm³/mol. The minimum Gasteiger partial charge on any atom is -0.496 e. The minimum absolute atomic E-state index is 0.00598. The van der Waals surface area contributed by atoms with E-state index in [-0.39, 0.29) is 22.6 Å². The van der Waals surface area contributed by atoms with Crippen molar-refractivity contribution in [2.24, 2.45) is 28.4 Å². The lowest BCUT2D eigenvalue weighted by Crippen LogP contribution is -2.43. The molecule has 0 spiro atoms. The van der Waals surface area contributed by atoms with Crippen molar-refractivity contribution in [2.45, 2.75) is 39.5 Å². The van der Waals surface area contributed by atoms with E-state index in [1.165, 1.54) is 0 Å². The molecular formula is C26H30N4O3. The summed E-state index contributed by atoms with van der Waals surface area (Å²) in [5.74, 6) is 1.06. The number of hydrogen-bond acceptors (Lipinski definition) is 7. The maximum Gasteiger partial charge on any atom is 0.204 e. The number of allylic oxidation sites excluding steroid dienone is 3. The average molecular weight is 447 g/mol. The molecule has 0 bridgehead atoms. The summed E-state index contributed by atoms with van der Waals surface area (Å²) in [6, 6.07) is 10.0. The molecule has 0 aliphatic heterocycles. The van der Waals surface area contributed by atoms with E-state index in [1.807, 2.05) is 6.08 Å². The molecule has 7 heteroatoms. The van der Waals surface area contributed by atoms with Gasteiger partial charge in [0.2, 0.25) is 5.41 Å². The Hall–Kier alpha value is -3.63. The molecule has 3 atom stereocenters. The number of ether oxygens (including phenoxy) is 3. The lowest BCUT2D eigenvalue weighted by atomic mass is 9.55. The van der Waals surface area contributed by atoms with E-state index in [2.05, 4.69) is 39.0 Å². The van der Waals surface area contributed by atoms with Gasteiger partial charge in [-0.25, -0.2) is 0 Å². The van der Waals surface area contributed by atoms with Gasteiger partial charge in [-0.1, -0.05) is 26.8 Å². The van der Waals surface area contributed by atoms with Gasteiger partial charge in [0.05, 0.1) is 50.8 Å². The fourth-order valence-electron chi connectivity index (χ4n) is 5.20. The van der Waals surface area contributed by atoms with Crippen molar-refractivity contribution in [3.05, 3.63) is 40.6 Å². The molecule has 3 rings (SSSR count). The SMILES string of the molecule is COc1cc(OC)c([C@H]2C(C#N)=C(N)C(C#N)(C#N)C3=CC[C@@H](C(C)(C)C)C[C@@H]32)cc1OC. The summed E-state index contributed by atoms with van der Waals surface area (Å²) >= 11 is 0. The van der Waals surface area contributed by atoms with Crippen LogP contribution in [0.3, 0.4) is 0 Å². The highest BCUT2D eigenvalue weighted by Gasteiger charge is 2.54. The fraction of sp³-hybridized carbons (Fsp3) is 0.500. The first kappa shape index (κ1) is 24.0. The van der Waals surface area contributed by atoms with Gasteiger partial charge < -0.3 is 19.9 Å². The van der Waals surface area contributed by atoms with Gasteiger partial charge in [0.25, 0.3) is 0 Å². The summed E-state index contributed by atoms with van der Waals surface area (Å²) in [4.78, 5) is 0. The number of fused-ring (bicyclic) bond motifs is 1. The molecule has 0 saturated carbocycles. The smallest absolute Gasteiger partial charge is 0.204 e. The predicted octanol–water partition coefficient (Wildman–Crippen LogP) is 4.58. The van der Waals surface area contributed by atoms with Crippen LogP contribution in [-0.4, -0.2) is 21.3 Å². The Balaban J connectivity index is 2.37. The number of rotatable bonds is 4. The highest BCUT2D eigenvalue weighted by Crippen LogP contribution is 2.58. The molecule has 0 aromatic heterocycles. The molecule has 1 aromatic rings. The second-order valence-corrected chi connectivity index (χ2v) is 9.64. The van der Waals surface area contributed by atoms with Gasteiger partial charge in [0.1, 0.15) is 5.75 Å². The topological polar surface area (TPSA) is 125 Å². The number of hydrogen-bond donors (Lipinski definition) is 1. The Morgan fingerprint density at radius 3 is 2.03 bits per heavy atom. The zero-order valence-corrected chi connectivity index (χ0v) is 20.0. The zero-order valence-electron chi connectivity index (χ0n) is 20.0. The van der Waals surface area contributed by atoms with Crippen molar-refractivity contribution in [3.63, 3.8) is 0 Å². The van der Waals surface area contributed by atoms with E-state index in [0.29, 0.717) is 40.7 Å². The maximum absolute atomic E-state index is 10.2. The van der Waals surface area contributed by atoms with E-state index >= 15 is 0 Å². The van der Waals surface area contributed by atoms with Crippen LogP contribution < -0.4 is 19.9 Å². The number of nitrogens with zero attached hydrogens (tertiary/aromatic N) is 3. The lowest BCUT2D eigenvalue weighted by molar-refractivity contribution is 0.179. The Bertz CT molecular complexity index is 1120.